The standard InChI is InChI=1S/C11H12F2O2/c1-7(6-10(14)15)8-2-4-9(5-3-8)11(12)13/h2-5,7,11H,6H2,1H3,(H,14,15). The van der Waals surface area contributed by atoms with E-state index in [0.29, 0.717) is 0 Å². The maximum atomic E-state index is 12.2. The Morgan fingerprint density at radius 3 is 2.13 bits per heavy atom. The third-order valence-corrected chi connectivity index (χ3v) is 2.24. The van der Waals surface area contributed by atoms with Crippen LogP contribution in [-0.2, 0) is 4.79 Å². The van der Waals surface area contributed by atoms with E-state index in [0.717, 1.165) is 5.56 Å². The van der Waals surface area contributed by atoms with Gasteiger partial charge in [0.25, 0.3) is 6.43 Å². The zero-order chi connectivity index (χ0) is 11.4. The predicted molar refractivity (Wildman–Crippen MR) is 52.1 cm³/mol. The van der Waals surface area contributed by atoms with E-state index >= 15 is 0 Å². The molecule has 82 valence electrons. The van der Waals surface area contributed by atoms with Crippen molar-refractivity contribution in [3.05, 3.63) is 35.4 Å². The predicted octanol–water partition coefficient (Wildman–Crippen LogP) is 3.20. The summed E-state index contributed by atoms with van der Waals surface area (Å²) in [5.41, 5.74) is 0.725. The Bertz CT molecular complexity index is 333. The molecule has 0 saturated carbocycles. The van der Waals surface area contributed by atoms with Crippen molar-refractivity contribution in [3.8, 4) is 0 Å². The first kappa shape index (κ1) is 11.6. The molecule has 0 aromatic heterocycles. The number of benzene rings is 1. The Balaban J connectivity index is 2.75. The molecule has 0 radical (unpaired) electrons. The molecule has 0 aliphatic heterocycles. The molecule has 1 unspecified atom stereocenters. The first-order valence-electron chi connectivity index (χ1n) is 4.60. The van der Waals surface area contributed by atoms with Gasteiger partial charge in [-0.25, -0.2) is 8.78 Å². The van der Waals surface area contributed by atoms with Crippen molar-refractivity contribution < 1.29 is 18.7 Å². The number of hydrogen-bond donors (Lipinski definition) is 1. The van der Waals surface area contributed by atoms with Crippen molar-refractivity contribution in [2.24, 2.45) is 0 Å². The number of alkyl halides is 2. The zero-order valence-electron chi connectivity index (χ0n) is 8.28. The summed E-state index contributed by atoms with van der Waals surface area (Å²) in [5.74, 6) is -1.05. The van der Waals surface area contributed by atoms with Gasteiger partial charge >= 0.3 is 5.97 Å². The van der Waals surface area contributed by atoms with Crippen LogP contribution in [-0.4, -0.2) is 11.1 Å². The molecule has 0 bridgehead atoms. The molecular weight excluding hydrogens is 202 g/mol. The molecule has 15 heavy (non-hydrogen) atoms. The molecule has 1 atom stereocenters. The molecule has 0 spiro atoms. The van der Waals surface area contributed by atoms with Crippen LogP contribution in [0.2, 0.25) is 0 Å². The smallest absolute Gasteiger partial charge is 0.303 e. The van der Waals surface area contributed by atoms with Crippen LogP contribution in [0.4, 0.5) is 8.78 Å². The van der Waals surface area contributed by atoms with Crippen molar-refractivity contribution >= 4 is 5.97 Å². The normalized spacial score (nSPS) is 12.8. The van der Waals surface area contributed by atoms with Crippen LogP contribution in [0.25, 0.3) is 0 Å². The fraction of sp³-hybridized carbons (Fsp3) is 0.364. The van der Waals surface area contributed by atoms with Gasteiger partial charge in [0.1, 0.15) is 0 Å². The van der Waals surface area contributed by atoms with Crippen LogP contribution in [0.1, 0.15) is 36.8 Å². The summed E-state index contributed by atoms with van der Waals surface area (Å²) in [5, 5.41) is 8.57. The van der Waals surface area contributed by atoms with Crippen LogP contribution < -0.4 is 0 Å². The number of carboxylic acid groups (broad SMARTS) is 1. The number of rotatable bonds is 4. The van der Waals surface area contributed by atoms with Gasteiger partial charge in [0, 0.05) is 5.56 Å². The van der Waals surface area contributed by atoms with Gasteiger partial charge in [-0.15, -0.1) is 0 Å². The lowest BCUT2D eigenvalue weighted by molar-refractivity contribution is -0.137. The average molecular weight is 214 g/mol. The van der Waals surface area contributed by atoms with Gasteiger partial charge < -0.3 is 5.11 Å². The fourth-order valence-corrected chi connectivity index (χ4v) is 1.35. The van der Waals surface area contributed by atoms with Gasteiger partial charge in [-0.2, -0.15) is 0 Å². The highest BCUT2D eigenvalue weighted by atomic mass is 19.3. The largest absolute Gasteiger partial charge is 0.481 e. The summed E-state index contributed by atoms with van der Waals surface area (Å²) in [6.45, 7) is 1.76. The molecule has 0 amide bonds. The molecule has 1 rings (SSSR count). The van der Waals surface area contributed by atoms with Crippen LogP contribution >= 0.6 is 0 Å². The van der Waals surface area contributed by atoms with E-state index < -0.39 is 12.4 Å². The van der Waals surface area contributed by atoms with Crippen molar-refractivity contribution in [2.75, 3.05) is 0 Å². The summed E-state index contributed by atoms with van der Waals surface area (Å²) in [6, 6.07) is 5.76. The SMILES string of the molecule is CC(CC(=O)O)c1ccc(C(F)F)cc1. The second kappa shape index (κ2) is 4.87. The molecule has 1 aromatic rings. The van der Waals surface area contributed by atoms with E-state index in [1.165, 1.54) is 12.1 Å². The highest BCUT2D eigenvalue weighted by Gasteiger charge is 2.11. The summed E-state index contributed by atoms with van der Waals surface area (Å²) >= 11 is 0. The van der Waals surface area contributed by atoms with E-state index in [2.05, 4.69) is 0 Å². The molecule has 0 aliphatic rings. The Hall–Kier alpha value is -1.45. The van der Waals surface area contributed by atoms with Gasteiger partial charge in [-0.05, 0) is 11.5 Å². The Labute approximate surface area is 86.5 Å². The molecule has 0 saturated heterocycles. The number of hydrogen-bond acceptors (Lipinski definition) is 1. The molecule has 0 fully saturated rings. The quantitative estimate of drug-likeness (QED) is 0.835. The van der Waals surface area contributed by atoms with Crippen molar-refractivity contribution in [3.63, 3.8) is 0 Å². The Morgan fingerprint density at radius 1 is 1.27 bits per heavy atom. The third kappa shape index (κ3) is 3.31. The highest BCUT2D eigenvalue weighted by Crippen LogP contribution is 2.23. The second-order valence-corrected chi connectivity index (χ2v) is 3.47. The van der Waals surface area contributed by atoms with Crippen LogP contribution in [0, 0.1) is 0 Å². The third-order valence-electron chi connectivity index (χ3n) is 2.24. The maximum Gasteiger partial charge on any atom is 0.303 e. The maximum absolute atomic E-state index is 12.2. The van der Waals surface area contributed by atoms with E-state index in [4.69, 9.17) is 5.11 Å². The minimum Gasteiger partial charge on any atom is -0.481 e. The van der Waals surface area contributed by atoms with E-state index in [-0.39, 0.29) is 17.9 Å². The molecule has 0 heterocycles. The molecule has 4 heteroatoms. The van der Waals surface area contributed by atoms with Crippen molar-refractivity contribution in [1.82, 2.24) is 0 Å². The molecular formula is C11H12F2O2. The van der Waals surface area contributed by atoms with Crippen LogP contribution in [0.5, 0.6) is 0 Å². The van der Waals surface area contributed by atoms with Crippen LogP contribution in [0.3, 0.4) is 0 Å². The van der Waals surface area contributed by atoms with Gasteiger partial charge in [0.05, 0.1) is 6.42 Å². The summed E-state index contributed by atoms with van der Waals surface area (Å²) in [7, 11) is 0. The van der Waals surface area contributed by atoms with E-state index in [9.17, 15) is 13.6 Å². The number of carboxylic acids is 1. The Kier molecular flexibility index (Phi) is 3.77. The van der Waals surface area contributed by atoms with E-state index in [1.54, 1.807) is 19.1 Å². The summed E-state index contributed by atoms with van der Waals surface area (Å²) in [6.07, 6.45) is -2.47. The first-order valence-corrected chi connectivity index (χ1v) is 4.60. The zero-order valence-corrected chi connectivity index (χ0v) is 8.28. The molecule has 1 aromatic carbocycles. The van der Waals surface area contributed by atoms with Gasteiger partial charge in [-0.3, -0.25) is 4.79 Å². The highest BCUT2D eigenvalue weighted by molar-refractivity contribution is 5.67. The summed E-state index contributed by atoms with van der Waals surface area (Å²) < 4.78 is 24.4. The minimum atomic E-state index is -2.48. The average Bonchev–Trinajstić information content (AvgIpc) is 2.17. The lowest BCUT2D eigenvalue weighted by Crippen LogP contribution is -2.02. The first-order chi connectivity index (χ1) is 7.00. The van der Waals surface area contributed by atoms with Crippen molar-refractivity contribution in [1.29, 1.82) is 0 Å². The van der Waals surface area contributed by atoms with Gasteiger partial charge in [0.15, 0.2) is 0 Å². The lowest BCUT2D eigenvalue weighted by Gasteiger charge is -2.09. The number of halogens is 2. The minimum absolute atomic E-state index is 0.00796. The molecule has 1 N–H and O–H groups in total. The van der Waals surface area contributed by atoms with Gasteiger partial charge in [-0.1, -0.05) is 31.2 Å². The number of aliphatic carboxylic acids is 1. The summed E-state index contributed by atoms with van der Waals surface area (Å²) in [4.78, 5) is 10.4. The number of carbonyl (C=O) groups is 1. The van der Waals surface area contributed by atoms with Gasteiger partial charge in [0.2, 0.25) is 0 Å². The second-order valence-electron chi connectivity index (χ2n) is 3.47. The topological polar surface area (TPSA) is 37.3 Å². The van der Waals surface area contributed by atoms with Crippen molar-refractivity contribution in [2.45, 2.75) is 25.7 Å². The van der Waals surface area contributed by atoms with E-state index in [1.807, 2.05) is 0 Å². The monoisotopic (exact) mass is 214 g/mol. The lowest BCUT2D eigenvalue weighted by atomic mass is 9.97. The molecule has 0 aliphatic carbocycles. The Morgan fingerprint density at radius 2 is 1.73 bits per heavy atom. The molecule has 2 nitrogen and oxygen atoms in total. The fourth-order valence-electron chi connectivity index (χ4n) is 1.35. The van der Waals surface area contributed by atoms with Crippen LogP contribution in [0.15, 0.2) is 24.3 Å².